The molecule has 0 amide bonds. The maximum atomic E-state index is 12.8. The summed E-state index contributed by atoms with van der Waals surface area (Å²) in [6, 6.07) is 11.9. The van der Waals surface area contributed by atoms with Crippen molar-refractivity contribution in [3.63, 3.8) is 0 Å². The van der Waals surface area contributed by atoms with Crippen LogP contribution in [0, 0.1) is 5.82 Å². The number of hydrogen-bond donors (Lipinski definition) is 0. The minimum atomic E-state index is -1.22. The molecule has 119 valence electrons. The molecule has 0 fully saturated rings. The zero-order valence-electron chi connectivity index (χ0n) is 12.3. The lowest BCUT2D eigenvalue weighted by atomic mass is 10.1. The van der Waals surface area contributed by atoms with Crippen LogP contribution >= 0.6 is 0 Å². The van der Waals surface area contributed by atoms with Gasteiger partial charge in [0.25, 0.3) is 0 Å². The number of esters is 1. The molecule has 1 unspecified atom stereocenters. The maximum absolute atomic E-state index is 12.8. The van der Waals surface area contributed by atoms with Gasteiger partial charge in [0.2, 0.25) is 6.10 Å². The Morgan fingerprint density at radius 3 is 2.35 bits per heavy atom. The van der Waals surface area contributed by atoms with E-state index in [0.29, 0.717) is 16.9 Å². The first-order valence-corrected chi connectivity index (χ1v) is 6.72. The lowest BCUT2D eigenvalue weighted by Gasteiger charge is -2.14. The van der Waals surface area contributed by atoms with Crippen LogP contribution in [-0.2, 0) is 25.7 Å². The van der Waals surface area contributed by atoms with Crippen molar-refractivity contribution in [2.45, 2.75) is 12.7 Å². The second-order valence-corrected chi connectivity index (χ2v) is 4.59. The van der Waals surface area contributed by atoms with Gasteiger partial charge in [-0.2, -0.15) is 0 Å². The highest BCUT2D eigenvalue weighted by molar-refractivity contribution is 5.77. The SMILES string of the molecule is COc1ccc(C(O[C]=O)C(=O)OCc2ccc(F)cc2)cc1. The van der Waals surface area contributed by atoms with Crippen molar-refractivity contribution >= 4 is 12.4 Å². The Labute approximate surface area is 132 Å². The zero-order chi connectivity index (χ0) is 16.7. The Kier molecular flexibility index (Phi) is 5.68. The van der Waals surface area contributed by atoms with Gasteiger partial charge in [-0.1, -0.05) is 24.3 Å². The van der Waals surface area contributed by atoms with Crippen LogP contribution < -0.4 is 4.74 Å². The van der Waals surface area contributed by atoms with Crippen molar-refractivity contribution in [2.75, 3.05) is 7.11 Å². The molecule has 5 nitrogen and oxygen atoms in total. The monoisotopic (exact) mass is 317 g/mol. The molecule has 0 heterocycles. The van der Waals surface area contributed by atoms with Crippen LogP contribution in [0.1, 0.15) is 17.2 Å². The molecule has 1 atom stereocenters. The number of methoxy groups -OCH3 is 1. The van der Waals surface area contributed by atoms with Gasteiger partial charge < -0.3 is 14.2 Å². The fourth-order valence-electron chi connectivity index (χ4n) is 1.89. The lowest BCUT2D eigenvalue weighted by molar-refractivity contribution is -0.154. The van der Waals surface area contributed by atoms with E-state index < -0.39 is 12.1 Å². The van der Waals surface area contributed by atoms with Crippen LogP contribution in [0.15, 0.2) is 48.5 Å². The molecule has 0 spiro atoms. The lowest BCUT2D eigenvalue weighted by Crippen LogP contribution is -2.18. The molecule has 0 aliphatic carbocycles. The largest absolute Gasteiger partial charge is 0.497 e. The fourth-order valence-corrected chi connectivity index (χ4v) is 1.89. The summed E-state index contributed by atoms with van der Waals surface area (Å²) < 4.78 is 27.6. The number of benzene rings is 2. The predicted molar refractivity (Wildman–Crippen MR) is 78.7 cm³/mol. The van der Waals surface area contributed by atoms with Crippen molar-refractivity contribution in [2.24, 2.45) is 0 Å². The van der Waals surface area contributed by atoms with Crippen molar-refractivity contribution in [1.29, 1.82) is 0 Å². The Morgan fingerprint density at radius 2 is 1.78 bits per heavy atom. The highest BCUT2D eigenvalue weighted by atomic mass is 19.1. The summed E-state index contributed by atoms with van der Waals surface area (Å²) in [5, 5.41) is 0. The van der Waals surface area contributed by atoms with Crippen molar-refractivity contribution in [3.8, 4) is 5.75 Å². The Hall–Kier alpha value is -2.89. The Morgan fingerprint density at radius 1 is 1.13 bits per heavy atom. The van der Waals surface area contributed by atoms with Gasteiger partial charge in [-0.05, 0) is 29.8 Å². The number of carbonyl (C=O) groups excluding carboxylic acids is 2. The van der Waals surface area contributed by atoms with Crippen LogP contribution in [0.2, 0.25) is 0 Å². The van der Waals surface area contributed by atoms with Gasteiger partial charge in [0.15, 0.2) is 0 Å². The quantitative estimate of drug-likeness (QED) is 0.735. The first kappa shape index (κ1) is 16.5. The number of carbonyl (C=O) groups is 1. The molecule has 2 aromatic carbocycles. The molecule has 0 aromatic heterocycles. The second kappa shape index (κ2) is 7.93. The maximum Gasteiger partial charge on any atom is 0.418 e. The topological polar surface area (TPSA) is 61.8 Å². The van der Waals surface area contributed by atoms with Gasteiger partial charge in [0, 0.05) is 5.56 Å². The van der Waals surface area contributed by atoms with Crippen molar-refractivity contribution < 1.29 is 28.2 Å². The molecule has 0 saturated carbocycles. The Balaban J connectivity index is 2.05. The summed E-state index contributed by atoms with van der Waals surface area (Å²) in [5.74, 6) is -0.528. The normalized spacial score (nSPS) is 11.4. The van der Waals surface area contributed by atoms with E-state index in [9.17, 15) is 14.0 Å². The summed E-state index contributed by atoms with van der Waals surface area (Å²) in [6.45, 7) is 1.19. The highest BCUT2D eigenvalue weighted by Crippen LogP contribution is 2.22. The predicted octanol–water partition coefficient (Wildman–Crippen LogP) is 2.70. The molecule has 2 aromatic rings. The average molecular weight is 317 g/mol. The first-order valence-electron chi connectivity index (χ1n) is 6.72. The summed E-state index contributed by atoms with van der Waals surface area (Å²) >= 11 is 0. The third kappa shape index (κ3) is 4.54. The Bertz CT molecular complexity index is 652. The van der Waals surface area contributed by atoms with Crippen LogP contribution in [0.25, 0.3) is 0 Å². The molecule has 0 N–H and O–H groups in total. The van der Waals surface area contributed by atoms with E-state index in [1.807, 2.05) is 0 Å². The zero-order valence-corrected chi connectivity index (χ0v) is 12.3. The minimum Gasteiger partial charge on any atom is -0.497 e. The van der Waals surface area contributed by atoms with E-state index in [4.69, 9.17) is 9.47 Å². The van der Waals surface area contributed by atoms with E-state index in [0.717, 1.165) is 0 Å². The van der Waals surface area contributed by atoms with Crippen LogP contribution in [0.5, 0.6) is 5.75 Å². The second-order valence-electron chi connectivity index (χ2n) is 4.59. The smallest absolute Gasteiger partial charge is 0.418 e. The molecule has 1 radical (unpaired) electrons. The van der Waals surface area contributed by atoms with Gasteiger partial charge in [0.05, 0.1) is 7.11 Å². The van der Waals surface area contributed by atoms with Gasteiger partial charge in [-0.15, -0.1) is 0 Å². The van der Waals surface area contributed by atoms with E-state index in [1.165, 1.54) is 37.8 Å². The number of rotatable bonds is 7. The summed E-state index contributed by atoms with van der Waals surface area (Å²) in [6.07, 6.45) is -1.22. The van der Waals surface area contributed by atoms with E-state index in [1.54, 1.807) is 24.3 Å². The molecule has 6 heteroatoms. The van der Waals surface area contributed by atoms with E-state index in [-0.39, 0.29) is 12.4 Å². The minimum absolute atomic E-state index is 0.0615. The molecular formula is C17H14FO5. The number of ether oxygens (including phenoxy) is 3. The van der Waals surface area contributed by atoms with Crippen LogP contribution in [0.3, 0.4) is 0 Å². The fraction of sp³-hybridized carbons (Fsp3) is 0.176. The van der Waals surface area contributed by atoms with Crippen LogP contribution in [-0.4, -0.2) is 19.6 Å². The highest BCUT2D eigenvalue weighted by Gasteiger charge is 2.24. The first-order chi connectivity index (χ1) is 11.1. The standard InChI is InChI=1S/C17H14FO5/c1-21-15-8-4-13(5-9-15)16(23-11-19)17(20)22-10-12-2-6-14(18)7-3-12/h2-9,16H,10H2,1H3. The van der Waals surface area contributed by atoms with Crippen LogP contribution in [0.4, 0.5) is 4.39 Å². The third-order valence-corrected chi connectivity index (χ3v) is 3.09. The molecule has 0 aliphatic rings. The number of halogens is 1. The third-order valence-electron chi connectivity index (χ3n) is 3.09. The van der Waals surface area contributed by atoms with Gasteiger partial charge in [0.1, 0.15) is 18.2 Å². The van der Waals surface area contributed by atoms with Gasteiger partial charge in [-0.25, -0.2) is 14.0 Å². The van der Waals surface area contributed by atoms with E-state index >= 15 is 0 Å². The van der Waals surface area contributed by atoms with Gasteiger partial charge in [-0.3, -0.25) is 0 Å². The average Bonchev–Trinajstić information content (AvgIpc) is 2.59. The molecule has 23 heavy (non-hydrogen) atoms. The molecule has 2 rings (SSSR count). The van der Waals surface area contributed by atoms with Gasteiger partial charge >= 0.3 is 12.4 Å². The van der Waals surface area contributed by atoms with E-state index in [2.05, 4.69) is 4.74 Å². The van der Waals surface area contributed by atoms with Crippen molar-refractivity contribution in [3.05, 3.63) is 65.5 Å². The summed E-state index contributed by atoms with van der Waals surface area (Å²) in [4.78, 5) is 22.6. The van der Waals surface area contributed by atoms with Crippen molar-refractivity contribution in [1.82, 2.24) is 0 Å². The summed E-state index contributed by atoms with van der Waals surface area (Å²) in [7, 11) is 1.51. The summed E-state index contributed by atoms with van der Waals surface area (Å²) in [5.41, 5.74) is 1.04. The molecule has 0 aliphatic heterocycles. The number of hydrogen-bond acceptors (Lipinski definition) is 5. The molecular weight excluding hydrogens is 303 g/mol. The molecule has 0 bridgehead atoms. The molecule has 0 saturated heterocycles.